The van der Waals surface area contributed by atoms with Gasteiger partial charge in [0.2, 0.25) is 5.55 Å². The van der Waals surface area contributed by atoms with Gasteiger partial charge in [0.05, 0.1) is 17.9 Å². The molecule has 0 aliphatic carbocycles. The first-order valence-electron chi connectivity index (χ1n) is 9.85. The molecule has 0 spiro atoms. The molecule has 1 N–H and O–H groups in total. The molecule has 6 nitrogen and oxygen atoms in total. The Bertz CT molecular complexity index is 1290. The molecule has 1 amide bonds. The molecule has 31 heavy (non-hydrogen) atoms. The number of hydrogen-bond acceptors (Lipinski definition) is 5. The van der Waals surface area contributed by atoms with Crippen LogP contribution in [0, 0.1) is 0 Å². The monoisotopic (exact) mass is 412 g/mol. The largest absolute Gasteiger partial charge is 0.462 e. The van der Waals surface area contributed by atoms with Gasteiger partial charge in [0.1, 0.15) is 11.1 Å². The van der Waals surface area contributed by atoms with E-state index < -0.39 is 5.97 Å². The van der Waals surface area contributed by atoms with E-state index in [-0.39, 0.29) is 11.5 Å². The number of esters is 1. The van der Waals surface area contributed by atoms with Crippen molar-refractivity contribution in [3.8, 4) is 0 Å². The van der Waals surface area contributed by atoms with Gasteiger partial charge in [0.25, 0.3) is 5.91 Å². The van der Waals surface area contributed by atoms with E-state index in [1.54, 1.807) is 49.4 Å². The number of anilines is 1. The molecule has 0 radical (unpaired) electrons. The Labute approximate surface area is 178 Å². The van der Waals surface area contributed by atoms with E-state index in [0.717, 1.165) is 5.39 Å². The maximum atomic E-state index is 13.0. The lowest BCUT2D eigenvalue weighted by Crippen LogP contribution is -2.21. The average Bonchev–Trinajstić information content (AvgIpc) is 2.80. The number of nitrogens with one attached hydrogen (secondary N) is 1. The average molecular weight is 412 g/mol. The smallest absolute Gasteiger partial charge is 0.338 e. The molecule has 0 fully saturated rings. The molecule has 4 rings (SSSR count). The molecule has 0 aliphatic heterocycles. The van der Waals surface area contributed by atoms with E-state index in [2.05, 4.69) is 10.3 Å². The van der Waals surface area contributed by atoms with Crippen molar-refractivity contribution in [2.75, 3.05) is 11.9 Å². The third kappa shape index (κ3) is 4.70. The van der Waals surface area contributed by atoms with Crippen LogP contribution in [0.2, 0.25) is 0 Å². The summed E-state index contributed by atoms with van der Waals surface area (Å²) in [4.78, 5) is 29.4. The lowest BCUT2D eigenvalue weighted by Gasteiger charge is -2.07. The van der Waals surface area contributed by atoms with Crippen molar-refractivity contribution in [2.24, 2.45) is 4.99 Å². The van der Waals surface area contributed by atoms with Crippen LogP contribution in [0.4, 0.5) is 11.4 Å². The zero-order chi connectivity index (χ0) is 21.6. The lowest BCUT2D eigenvalue weighted by atomic mass is 10.1. The molecule has 3 aromatic carbocycles. The fourth-order valence-electron chi connectivity index (χ4n) is 3.04. The van der Waals surface area contributed by atoms with Crippen LogP contribution in [0.1, 0.15) is 27.6 Å². The summed E-state index contributed by atoms with van der Waals surface area (Å²) in [6, 6.07) is 25.0. The standard InChI is InChI=1S/C25H20N2O4/c1-2-30-25(29)17-12-14-20(15-13-17)27-24-21(16-18-8-6-7-11-22(18)31-24)23(28)26-19-9-4-3-5-10-19/h3-16H,2H2,1H3,(H,26,28). The van der Waals surface area contributed by atoms with Crippen molar-refractivity contribution in [3.05, 3.63) is 102 Å². The van der Waals surface area contributed by atoms with Gasteiger partial charge in [-0.05, 0) is 55.5 Å². The van der Waals surface area contributed by atoms with Gasteiger partial charge in [0, 0.05) is 11.1 Å². The van der Waals surface area contributed by atoms with Gasteiger partial charge in [-0.3, -0.25) is 4.79 Å². The van der Waals surface area contributed by atoms with Crippen molar-refractivity contribution < 1.29 is 18.7 Å². The van der Waals surface area contributed by atoms with Crippen molar-refractivity contribution in [3.63, 3.8) is 0 Å². The molecular formula is C25H20N2O4. The van der Waals surface area contributed by atoms with Crippen LogP contribution in [0.3, 0.4) is 0 Å². The van der Waals surface area contributed by atoms with Crippen molar-refractivity contribution >= 4 is 34.2 Å². The number of amides is 1. The first-order valence-corrected chi connectivity index (χ1v) is 9.85. The topological polar surface area (TPSA) is 80.9 Å². The zero-order valence-corrected chi connectivity index (χ0v) is 16.9. The maximum absolute atomic E-state index is 13.0. The second-order valence-electron chi connectivity index (χ2n) is 6.70. The van der Waals surface area contributed by atoms with Crippen molar-refractivity contribution in [2.45, 2.75) is 6.92 Å². The molecule has 154 valence electrons. The van der Waals surface area contributed by atoms with Gasteiger partial charge in [-0.25, -0.2) is 9.79 Å². The Morgan fingerprint density at radius 3 is 2.39 bits per heavy atom. The van der Waals surface area contributed by atoms with Gasteiger partial charge in [-0.1, -0.05) is 36.4 Å². The molecule has 0 atom stereocenters. The van der Waals surface area contributed by atoms with Gasteiger partial charge in [0.15, 0.2) is 0 Å². The number of fused-ring (bicyclic) bond motifs is 1. The van der Waals surface area contributed by atoms with E-state index in [9.17, 15) is 9.59 Å². The highest BCUT2D eigenvalue weighted by Crippen LogP contribution is 2.17. The number of para-hydroxylation sites is 2. The molecule has 1 aromatic heterocycles. The van der Waals surface area contributed by atoms with Crippen LogP contribution in [-0.2, 0) is 4.74 Å². The number of ether oxygens (including phenoxy) is 1. The van der Waals surface area contributed by atoms with Crippen LogP contribution in [0.25, 0.3) is 11.0 Å². The molecule has 0 bridgehead atoms. The quantitative estimate of drug-likeness (QED) is 0.463. The molecule has 4 aromatic rings. The predicted octanol–water partition coefficient (Wildman–Crippen LogP) is 5.09. The SMILES string of the molecule is CCOC(=O)c1ccc(N=c2oc3ccccc3cc2C(=O)Nc2ccccc2)cc1. The second kappa shape index (κ2) is 9.09. The highest BCUT2D eigenvalue weighted by atomic mass is 16.5. The second-order valence-corrected chi connectivity index (χ2v) is 6.70. The van der Waals surface area contributed by atoms with Crippen molar-refractivity contribution in [1.29, 1.82) is 0 Å². The Kier molecular flexibility index (Phi) is 5.89. The summed E-state index contributed by atoms with van der Waals surface area (Å²) in [5.74, 6) is -0.727. The highest BCUT2D eigenvalue weighted by Gasteiger charge is 2.13. The maximum Gasteiger partial charge on any atom is 0.338 e. The number of nitrogens with zero attached hydrogens (tertiary/aromatic N) is 1. The van der Waals surface area contributed by atoms with E-state index in [1.807, 2.05) is 42.5 Å². The van der Waals surface area contributed by atoms with Crippen LogP contribution in [0.5, 0.6) is 0 Å². The summed E-state index contributed by atoms with van der Waals surface area (Å²) in [6.07, 6.45) is 0. The molecule has 1 heterocycles. The fraction of sp³-hybridized carbons (Fsp3) is 0.0800. The molecular weight excluding hydrogens is 392 g/mol. The zero-order valence-electron chi connectivity index (χ0n) is 16.9. The number of carbonyl (C=O) groups is 2. The number of rotatable bonds is 5. The molecule has 0 saturated carbocycles. The molecule has 0 aliphatic rings. The molecule has 6 heteroatoms. The van der Waals surface area contributed by atoms with Crippen LogP contribution in [-0.4, -0.2) is 18.5 Å². The Hall–Kier alpha value is -4.19. The van der Waals surface area contributed by atoms with E-state index in [4.69, 9.17) is 9.15 Å². The van der Waals surface area contributed by atoms with Crippen LogP contribution >= 0.6 is 0 Å². The van der Waals surface area contributed by atoms with Gasteiger partial charge in [-0.2, -0.15) is 0 Å². The lowest BCUT2D eigenvalue weighted by molar-refractivity contribution is 0.0526. The van der Waals surface area contributed by atoms with Crippen LogP contribution in [0.15, 0.2) is 94.3 Å². The third-order valence-electron chi connectivity index (χ3n) is 4.54. The molecule has 0 saturated heterocycles. The summed E-state index contributed by atoms with van der Waals surface area (Å²) >= 11 is 0. The number of carbonyl (C=O) groups excluding carboxylic acids is 2. The molecule has 0 unspecified atom stereocenters. The normalized spacial score (nSPS) is 11.3. The summed E-state index contributed by atoms with van der Waals surface area (Å²) in [6.45, 7) is 2.06. The number of benzene rings is 3. The minimum Gasteiger partial charge on any atom is -0.462 e. The minimum absolute atomic E-state index is 0.177. The third-order valence-corrected chi connectivity index (χ3v) is 4.54. The first kappa shape index (κ1) is 20.1. The summed E-state index contributed by atoms with van der Waals surface area (Å²) in [7, 11) is 0. The first-order chi connectivity index (χ1) is 15.1. The fourth-order valence-corrected chi connectivity index (χ4v) is 3.04. The van der Waals surface area contributed by atoms with E-state index in [1.165, 1.54) is 0 Å². The van der Waals surface area contributed by atoms with Gasteiger partial charge in [-0.15, -0.1) is 0 Å². The summed E-state index contributed by atoms with van der Waals surface area (Å²) in [5.41, 5.74) is 2.73. The van der Waals surface area contributed by atoms with E-state index >= 15 is 0 Å². The Morgan fingerprint density at radius 1 is 0.935 bits per heavy atom. The minimum atomic E-state index is -0.396. The van der Waals surface area contributed by atoms with Gasteiger partial charge >= 0.3 is 5.97 Å². The van der Waals surface area contributed by atoms with Gasteiger partial charge < -0.3 is 14.5 Å². The Balaban J connectivity index is 1.76. The van der Waals surface area contributed by atoms with E-state index in [0.29, 0.717) is 34.7 Å². The summed E-state index contributed by atoms with van der Waals surface area (Å²) < 4.78 is 11.0. The van der Waals surface area contributed by atoms with Crippen molar-refractivity contribution in [1.82, 2.24) is 0 Å². The number of hydrogen-bond donors (Lipinski definition) is 1. The predicted molar refractivity (Wildman–Crippen MR) is 118 cm³/mol. The highest BCUT2D eigenvalue weighted by molar-refractivity contribution is 6.05. The Morgan fingerprint density at radius 2 is 1.65 bits per heavy atom. The summed E-state index contributed by atoms with van der Waals surface area (Å²) in [5, 5.41) is 3.66. The van der Waals surface area contributed by atoms with Crippen LogP contribution < -0.4 is 10.9 Å².